The van der Waals surface area contributed by atoms with Crippen molar-refractivity contribution in [2.75, 3.05) is 0 Å². The van der Waals surface area contributed by atoms with Crippen LogP contribution in [0, 0.1) is 0 Å². The van der Waals surface area contributed by atoms with E-state index in [0.717, 1.165) is 0 Å². The molecular weight excluding hydrogens is 251 g/mol. The average Bonchev–Trinajstić information content (AvgIpc) is 2.11. The molecule has 0 spiro atoms. The first-order valence-corrected chi connectivity index (χ1v) is 13.9. The van der Waals surface area contributed by atoms with E-state index in [9.17, 15) is 0 Å². The maximum atomic E-state index is 4.03. The van der Waals surface area contributed by atoms with Crippen LogP contribution in [0.25, 0.3) is 0 Å². The van der Waals surface area contributed by atoms with Gasteiger partial charge in [0.05, 0.1) is 0 Å². The third-order valence-electron chi connectivity index (χ3n) is 2.70. The van der Waals surface area contributed by atoms with Gasteiger partial charge in [0.25, 0.3) is 0 Å². The molecule has 0 aromatic rings. The molecular formula is C11H24Sn. The first-order valence-electron chi connectivity index (χ1n) is 5.32. The van der Waals surface area contributed by atoms with Crippen molar-refractivity contribution in [1.82, 2.24) is 0 Å². The van der Waals surface area contributed by atoms with Gasteiger partial charge in [-0.15, -0.1) is 0 Å². The Hall–Kier alpha value is 0.539. The van der Waals surface area contributed by atoms with E-state index in [1.54, 1.807) is 0 Å². The van der Waals surface area contributed by atoms with Crippen molar-refractivity contribution in [3.63, 3.8) is 0 Å². The van der Waals surface area contributed by atoms with E-state index >= 15 is 0 Å². The summed E-state index contributed by atoms with van der Waals surface area (Å²) in [5.41, 5.74) is 0. The standard InChI is InChI=1S/2C4H9.C2H3.CH3.Sn/c2*1-3-4-2;1-2;;/h2*1,3-4H2,2H3;1H,2H2;1H3;. The van der Waals surface area contributed by atoms with Crippen molar-refractivity contribution in [3.05, 3.63) is 10.7 Å². The van der Waals surface area contributed by atoms with Gasteiger partial charge < -0.3 is 0 Å². The Morgan fingerprint density at radius 1 is 1.08 bits per heavy atom. The number of hydrogen-bond donors (Lipinski definition) is 0. The van der Waals surface area contributed by atoms with Crippen LogP contribution in [-0.2, 0) is 0 Å². The van der Waals surface area contributed by atoms with Gasteiger partial charge >= 0.3 is 82.4 Å². The Morgan fingerprint density at radius 3 is 1.75 bits per heavy atom. The minimum absolute atomic E-state index is 1.35. The second-order valence-corrected chi connectivity index (χ2v) is 17.5. The maximum absolute atomic E-state index is 4.03. The van der Waals surface area contributed by atoms with Gasteiger partial charge in [-0.2, -0.15) is 0 Å². The van der Waals surface area contributed by atoms with Crippen molar-refractivity contribution in [2.24, 2.45) is 0 Å². The van der Waals surface area contributed by atoms with Gasteiger partial charge in [-0.05, 0) is 0 Å². The summed E-state index contributed by atoms with van der Waals surface area (Å²) < 4.78 is 5.41. The van der Waals surface area contributed by atoms with E-state index in [4.69, 9.17) is 0 Å². The molecule has 0 aliphatic carbocycles. The topological polar surface area (TPSA) is 0 Å². The fraction of sp³-hybridized carbons (Fsp3) is 0.818. The van der Waals surface area contributed by atoms with Gasteiger partial charge in [0, 0.05) is 0 Å². The summed E-state index contributed by atoms with van der Waals surface area (Å²) in [7, 11) is 0. The molecule has 0 aromatic carbocycles. The molecule has 0 unspecified atom stereocenters. The van der Waals surface area contributed by atoms with Gasteiger partial charge in [0.1, 0.15) is 0 Å². The van der Waals surface area contributed by atoms with Crippen LogP contribution in [0.3, 0.4) is 0 Å². The molecule has 0 nitrogen and oxygen atoms in total. The van der Waals surface area contributed by atoms with E-state index in [1.165, 1.54) is 34.6 Å². The molecule has 0 saturated heterocycles. The van der Waals surface area contributed by atoms with E-state index in [-0.39, 0.29) is 0 Å². The predicted molar refractivity (Wildman–Crippen MR) is 61.2 cm³/mol. The molecule has 72 valence electrons. The van der Waals surface area contributed by atoms with Crippen LogP contribution < -0.4 is 0 Å². The number of hydrogen-bond acceptors (Lipinski definition) is 0. The molecule has 1 heteroatoms. The molecule has 0 heterocycles. The Kier molecular flexibility index (Phi) is 7.31. The molecule has 0 fully saturated rings. The second kappa shape index (κ2) is 6.99. The Balaban J connectivity index is 3.78. The van der Waals surface area contributed by atoms with Crippen LogP contribution in [0.2, 0.25) is 13.8 Å². The van der Waals surface area contributed by atoms with E-state index in [0.29, 0.717) is 0 Å². The van der Waals surface area contributed by atoms with Crippen LogP contribution in [-0.4, -0.2) is 18.4 Å². The Morgan fingerprint density at radius 2 is 1.50 bits per heavy atom. The van der Waals surface area contributed by atoms with Crippen molar-refractivity contribution in [1.29, 1.82) is 0 Å². The number of rotatable bonds is 7. The fourth-order valence-corrected chi connectivity index (χ4v) is 10.00. The van der Waals surface area contributed by atoms with Crippen LogP contribution in [0.5, 0.6) is 0 Å². The summed E-state index contributed by atoms with van der Waals surface area (Å²) in [6.45, 7) is 8.61. The zero-order valence-electron chi connectivity index (χ0n) is 9.03. The quantitative estimate of drug-likeness (QED) is 0.604. The molecule has 0 atom stereocenters. The molecule has 0 aliphatic rings. The van der Waals surface area contributed by atoms with Crippen molar-refractivity contribution >= 4 is 18.4 Å². The predicted octanol–water partition coefficient (Wildman–Crippen LogP) is 4.39. The summed E-state index contributed by atoms with van der Waals surface area (Å²) in [4.78, 5) is 2.55. The molecule has 0 radical (unpaired) electrons. The zero-order valence-corrected chi connectivity index (χ0v) is 11.9. The first kappa shape index (κ1) is 12.5. The molecule has 0 aromatic heterocycles. The summed E-state index contributed by atoms with van der Waals surface area (Å²) in [6, 6.07) is 0. The third-order valence-corrected chi connectivity index (χ3v) is 14.0. The molecule has 0 amide bonds. The summed E-state index contributed by atoms with van der Waals surface area (Å²) in [6.07, 6.45) is 5.57. The van der Waals surface area contributed by atoms with Gasteiger partial charge in [0.15, 0.2) is 0 Å². The molecule has 0 N–H and O–H groups in total. The molecule has 0 rings (SSSR count). The summed E-state index contributed by atoms with van der Waals surface area (Å²) >= 11 is -1.72. The van der Waals surface area contributed by atoms with Crippen LogP contribution in [0.15, 0.2) is 10.7 Å². The summed E-state index contributed by atoms with van der Waals surface area (Å²) in [5, 5.41) is 0. The van der Waals surface area contributed by atoms with Crippen LogP contribution in [0.4, 0.5) is 0 Å². The SMILES string of the molecule is C=[CH][Sn]([CH3])([CH2]CCC)[CH2]CCC. The van der Waals surface area contributed by atoms with Crippen molar-refractivity contribution < 1.29 is 0 Å². The fourth-order valence-electron chi connectivity index (χ4n) is 1.49. The monoisotopic (exact) mass is 276 g/mol. The average molecular weight is 275 g/mol. The molecule has 0 saturated carbocycles. The Labute approximate surface area is 82.3 Å². The summed E-state index contributed by atoms with van der Waals surface area (Å²) in [5.74, 6) is 0. The van der Waals surface area contributed by atoms with Crippen molar-refractivity contribution in [2.45, 2.75) is 53.3 Å². The third kappa shape index (κ3) is 5.23. The van der Waals surface area contributed by atoms with E-state index in [2.05, 4.69) is 29.5 Å². The molecule has 12 heavy (non-hydrogen) atoms. The van der Waals surface area contributed by atoms with Crippen molar-refractivity contribution in [3.8, 4) is 0 Å². The Bertz CT molecular complexity index is 110. The zero-order chi connectivity index (χ0) is 9.45. The minimum atomic E-state index is -1.72. The molecule has 0 bridgehead atoms. The van der Waals surface area contributed by atoms with E-state index in [1.807, 2.05) is 0 Å². The van der Waals surface area contributed by atoms with Gasteiger partial charge in [-0.1, -0.05) is 0 Å². The van der Waals surface area contributed by atoms with Gasteiger partial charge in [-0.25, -0.2) is 0 Å². The van der Waals surface area contributed by atoms with Crippen LogP contribution in [0.1, 0.15) is 39.5 Å². The normalized spacial score (nSPS) is 11.6. The molecule has 0 aliphatic heterocycles. The van der Waals surface area contributed by atoms with Gasteiger partial charge in [0.2, 0.25) is 0 Å². The van der Waals surface area contributed by atoms with Crippen LogP contribution >= 0.6 is 0 Å². The first-order chi connectivity index (χ1) is 5.68. The second-order valence-electron chi connectivity index (χ2n) is 4.07. The van der Waals surface area contributed by atoms with E-state index < -0.39 is 18.4 Å². The van der Waals surface area contributed by atoms with Gasteiger partial charge in [-0.3, -0.25) is 0 Å². The number of unbranched alkanes of at least 4 members (excludes halogenated alkanes) is 2.